The summed E-state index contributed by atoms with van der Waals surface area (Å²) in [5, 5.41) is 1.13. The van der Waals surface area contributed by atoms with E-state index in [4.69, 9.17) is 32.7 Å². The van der Waals surface area contributed by atoms with Gasteiger partial charge in [0.2, 0.25) is 5.79 Å². The van der Waals surface area contributed by atoms with Crippen LogP contribution >= 0.6 is 23.2 Å². The average Bonchev–Trinajstić information content (AvgIpc) is 3.09. The van der Waals surface area contributed by atoms with E-state index in [2.05, 4.69) is 11.9 Å². The second kappa shape index (κ2) is 5.97. The first-order valence-corrected chi connectivity index (χ1v) is 7.61. The second-order valence-corrected chi connectivity index (χ2v) is 5.91. The van der Waals surface area contributed by atoms with Crippen LogP contribution in [0, 0.1) is 0 Å². The molecule has 0 radical (unpaired) electrons. The summed E-state index contributed by atoms with van der Waals surface area (Å²) in [6, 6.07) is 5.37. The Labute approximate surface area is 133 Å². The zero-order chi connectivity index (χ0) is 14.9. The number of benzene rings is 1. The Kier molecular flexibility index (Phi) is 4.22. The predicted molar refractivity (Wildman–Crippen MR) is 81.5 cm³/mol. The van der Waals surface area contributed by atoms with Crippen molar-refractivity contribution in [2.45, 2.75) is 31.8 Å². The van der Waals surface area contributed by atoms with Gasteiger partial charge in [-0.3, -0.25) is 0 Å². The van der Waals surface area contributed by atoms with E-state index in [0.717, 1.165) is 12.0 Å². The van der Waals surface area contributed by atoms with Crippen LogP contribution in [0.25, 0.3) is 0 Å². The molecule has 1 aliphatic rings. The van der Waals surface area contributed by atoms with Gasteiger partial charge in [0.05, 0.1) is 30.6 Å². The number of hydrogen-bond acceptors (Lipinski definition) is 3. The summed E-state index contributed by atoms with van der Waals surface area (Å²) >= 11 is 12.3. The summed E-state index contributed by atoms with van der Waals surface area (Å²) < 4.78 is 14.1. The van der Waals surface area contributed by atoms with Gasteiger partial charge in [-0.15, -0.1) is 0 Å². The Bertz CT molecular complexity index is 618. The standard InChI is InChI=1S/C15H16Cl2N2O2/c1-2-12-8-20-15(21-12,9-19-6-5-18-10-19)13-4-3-11(16)7-14(13)17/h3-7,10,12H,2,8-9H2,1H3/t12-,15+/m0/s1. The molecule has 0 bridgehead atoms. The summed E-state index contributed by atoms with van der Waals surface area (Å²) in [6.07, 6.45) is 6.27. The van der Waals surface area contributed by atoms with Crippen molar-refractivity contribution in [1.29, 1.82) is 0 Å². The van der Waals surface area contributed by atoms with E-state index in [1.807, 2.05) is 16.8 Å². The minimum atomic E-state index is -0.900. The molecule has 1 fully saturated rings. The van der Waals surface area contributed by atoms with Crippen molar-refractivity contribution in [3.05, 3.63) is 52.5 Å². The summed E-state index contributed by atoms with van der Waals surface area (Å²) in [4.78, 5) is 4.06. The molecule has 0 N–H and O–H groups in total. The highest BCUT2D eigenvalue weighted by atomic mass is 35.5. The molecule has 0 unspecified atom stereocenters. The second-order valence-electron chi connectivity index (χ2n) is 5.07. The van der Waals surface area contributed by atoms with Crippen molar-refractivity contribution < 1.29 is 9.47 Å². The molecule has 6 heteroatoms. The number of hydrogen-bond donors (Lipinski definition) is 0. The molecule has 3 rings (SSSR count). The topological polar surface area (TPSA) is 36.3 Å². The molecule has 0 saturated carbocycles. The fourth-order valence-electron chi connectivity index (χ4n) is 2.49. The summed E-state index contributed by atoms with van der Waals surface area (Å²) in [5.74, 6) is -0.900. The van der Waals surface area contributed by atoms with Crippen LogP contribution in [-0.4, -0.2) is 22.3 Å². The average molecular weight is 327 g/mol. The molecule has 1 aromatic carbocycles. The number of ether oxygens (including phenoxy) is 2. The molecular formula is C15H16Cl2N2O2. The van der Waals surface area contributed by atoms with Gasteiger partial charge in [-0.25, -0.2) is 4.98 Å². The molecule has 0 spiro atoms. The third-order valence-corrected chi connectivity index (χ3v) is 4.15. The third-order valence-electron chi connectivity index (χ3n) is 3.61. The Morgan fingerprint density at radius 1 is 1.43 bits per heavy atom. The van der Waals surface area contributed by atoms with Crippen molar-refractivity contribution >= 4 is 23.2 Å². The molecule has 2 atom stereocenters. The monoisotopic (exact) mass is 326 g/mol. The molecule has 1 saturated heterocycles. The van der Waals surface area contributed by atoms with Gasteiger partial charge in [-0.05, 0) is 18.6 Å². The summed E-state index contributed by atoms with van der Waals surface area (Å²) in [5.41, 5.74) is 0.790. The van der Waals surface area contributed by atoms with E-state index in [0.29, 0.717) is 23.2 Å². The Morgan fingerprint density at radius 3 is 2.90 bits per heavy atom. The number of nitrogens with zero attached hydrogens (tertiary/aromatic N) is 2. The van der Waals surface area contributed by atoms with Crippen molar-refractivity contribution in [3.8, 4) is 0 Å². The van der Waals surface area contributed by atoms with E-state index < -0.39 is 5.79 Å². The lowest BCUT2D eigenvalue weighted by Crippen LogP contribution is -2.33. The highest BCUT2D eigenvalue weighted by molar-refractivity contribution is 6.35. The van der Waals surface area contributed by atoms with Crippen molar-refractivity contribution in [2.75, 3.05) is 6.61 Å². The minimum Gasteiger partial charge on any atom is -0.342 e. The highest BCUT2D eigenvalue weighted by Gasteiger charge is 2.44. The zero-order valence-electron chi connectivity index (χ0n) is 11.6. The fraction of sp³-hybridized carbons (Fsp3) is 0.400. The zero-order valence-corrected chi connectivity index (χ0v) is 13.1. The van der Waals surface area contributed by atoms with Crippen LogP contribution in [0.15, 0.2) is 36.9 Å². The summed E-state index contributed by atoms with van der Waals surface area (Å²) in [7, 11) is 0. The fourth-order valence-corrected chi connectivity index (χ4v) is 3.05. The third kappa shape index (κ3) is 2.94. The van der Waals surface area contributed by atoms with Gasteiger partial charge >= 0.3 is 0 Å². The predicted octanol–water partition coefficient (Wildman–Crippen LogP) is 3.87. The Hall–Kier alpha value is -1.07. The lowest BCUT2D eigenvalue weighted by atomic mass is 10.1. The van der Waals surface area contributed by atoms with Crippen LogP contribution < -0.4 is 0 Å². The van der Waals surface area contributed by atoms with E-state index in [9.17, 15) is 0 Å². The first-order valence-electron chi connectivity index (χ1n) is 6.86. The van der Waals surface area contributed by atoms with Gasteiger partial charge in [0, 0.05) is 23.0 Å². The van der Waals surface area contributed by atoms with Gasteiger partial charge in [-0.2, -0.15) is 0 Å². The van der Waals surface area contributed by atoms with Gasteiger partial charge in [-0.1, -0.05) is 36.2 Å². The lowest BCUT2D eigenvalue weighted by Gasteiger charge is -2.29. The molecule has 2 aromatic rings. The molecule has 1 aromatic heterocycles. The quantitative estimate of drug-likeness (QED) is 0.855. The van der Waals surface area contributed by atoms with Crippen molar-refractivity contribution in [3.63, 3.8) is 0 Å². The first-order chi connectivity index (χ1) is 10.1. The maximum atomic E-state index is 6.36. The molecule has 1 aliphatic heterocycles. The van der Waals surface area contributed by atoms with Crippen LogP contribution in [0.1, 0.15) is 18.9 Å². The first kappa shape index (κ1) is 14.9. The molecule has 2 heterocycles. The van der Waals surface area contributed by atoms with Crippen LogP contribution in [-0.2, 0) is 21.8 Å². The van der Waals surface area contributed by atoms with E-state index in [-0.39, 0.29) is 6.10 Å². The van der Waals surface area contributed by atoms with Gasteiger partial charge < -0.3 is 14.0 Å². The van der Waals surface area contributed by atoms with E-state index in [1.165, 1.54) is 0 Å². The Balaban J connectivity index is 1.99. The lowest BCUT2D eigenvalue weighted by molar-refractivity contribution is -0.187. The van der Waals surface area contributed by atoms with Crippen LogP contribution in [0.2, 0.25) is 10.0 Å². The Morgan fingerprint density at radius 2 is 2.29 bits per heavy atom. The SMILES string of the molecule is CC[C@H]1CO[C@@](Cn2ccnc2)(c2ccc(Cl)cc2Cl)O1. The highest BCUT2D eigenvalue weighted by Crippen LogP contribution is 2.40. The van der Waals surface area contributed by atoms with E-state index in [1.54, 1.807) is 24.7 Å². The van der Waals surface area contributed by atoms with Crippen LogP contribution in [0.4, 0.5) is 0 Å². The van der Waals surface area contributed by atoms with Gasteiger partial charge in [0.15, 0.2) is 0 Å². The van der Waals surface area contributed by atoms with Crippen LogP contribution in [0.3, 0.4) is 0 Å². The maximum Gasteiger partial charge on any atom is 0.215 e. The van der Waals surface area contributed by atoms with E-state index >= 15 is 0 Å². The molecule has 0 aliphatic carbocycles. The normalized spacial score (nSPS) is 25.4. The molecule has 0 amide bonds. The van der Waals surface area contributed by atoms with Crippen molar-refractivity contribution in [1.82, 2.24) is 9.55 Å². The van der Waals surface area contributed by atoms with Crippen LogP contribution in [0.5, 0.6) is 0 Å². The largest absolute Gasteiger partial charge is 0.342 e. The number of imidazole rings is 1. The number of rotatable bonds is 4. The number of halogens is 2. The maximum absolute atomic E-state index is 6.36. The molecular weight excluding hydrogens is 311 g/mol. The minimum absolute atomic E-state index is 0.0558. The number of aromatic nitrogens is 2. The molecule has 4 nitrogen and oxygen atoms in total. The molecule has 112 valence electrons. The molecule has 21 heavy (non-hydrogen) atoms. The van der Waals surface area contributed by atoms with Crippen molar-refractivity contribution in [2.24, 2.45) is 0 Å². The smallest absolute Gasteiger partial charge is 0.215 e. The van der Waals surface area contributed by atoms with Gasteiger partial charge in [0.1, 0.15) is 0 Å². The van der Waals surface area contributed by atoms with Gasteiger partial charge in [0.25, 0.3) is 0 Å². The summed E-state index contributed by atoms with van der Waals surface area (Å²) in [6.45, 7) is 3.11.